The molecule has 7 heteroatoms. The fourth-order valence-corrected chi connectivity index (χ4v) is 2.30. The van der Waals surface area contributed by atoms with Crippen molar-refractivity contribution in [1.29, 1.82) is 0 Å². The number of rotatable bonds is 10. The number of hydrogen-bond acceptors (Lipinski definition) is 5. The Hall–Kier alpha value is -2.96. The topological polar surface area (TPSA) is 92.8 Å². The van der Waals surface area contributed by atoms with Gasteiger partial charge in [-0.05, 0) is 24.6 Å². The van der Waals surface area contributed by atoms with Crippen molar-refractivity contribution < 1.29 is 23.9 Å². The molecule has 1 rings (SSSR count). The molecule has 0 heterocycles. The Balaban J connectivity index is 3.09. The molecule has 1 atom stereocenters. The Morgan fingerprint density at radius 1 is 1.36 bits per heavy atom. The molecule has 1 aromatic carbocycles. The van der Waals surface area contributed by atoms with Gasteiger partial charge in [0, 0.05) is 26.1 Å². The molecule has 1 aromatic rings. The molecule has 0 spiro atoms. The number of likely N-dealkylation sites (N-methyl/N-ethyl adjacent to an activating group) is 2. The molecule has 0 aliphatic rings. The number of nitrogens with one attached hydrogen (secondary N) is 1. The van der Waals surface area contributed by atoms with Crippen LogP contribution in [0.2, 0.25) is 0 Å². The lowest BCUT2D eigenvalue weighted by Gasteiger charge is -2.27. The zero-order chi connectivity index (χ0) is 18.8. The van der Waals surface area contributed by atoms with Gasteiger partial charge in [-0.15, -0.1) is 0 Å². The minimum atomic E-state index is -0.807. The fraction of sp³-hybridized carbons (Fsp3) is 0.333. The van der Waals surface area contributed by atoms with Gasteiger partial charge in [-0.25, -0.2) is 0 Å². The summed E-state index contributed by atoms with van der Waals surface area (Å²) in [6.07, 6.45) is 3.15. The van der Waals surface area contributed by atoms with Crippen molar-refractivity contribution in [3.05, 3.63) is 42.0 Å². The predicted octanol–water partition coefficient (Wildman–Crippen LogP) is 1.23. The summed E-state index contributed by atoms with van der Waals surface area (Å²) in [5.41, 5.74) is 0.313. The molecule has 1 unspecified atom stereocenters. The van der Waals surface area contributed by atoms with E-state index in [2.05, 4.69) is 11.9 Å². The first kappa shape index (κ1) is 20.1. The summed E-state index contributed by atoms with van der Waals surface area (Å²) in [5.74, 6) is -0.432. The fourth-order valence-electron chi connectivity index (χ4n) is 2.30. The van der Waals surface area contributed by atoms with Crippen molar-refractivity contribution in [3.8, 4) is 5.75 Å². The van der Waals surface area contributed by atoms with Crippen LogP contribution in [-0.2, 0) is 9.59 Å². The first-order valence-corrected chi connectivity index (χ1v) is 7.75. The molecule has 0 saturated carbocycles. The zero-order valence-electron chi connectivity index (χ0n) is 14.4. The van der Waals surface area contributed by atoms with Gasteiger partial charge >= 0.3 is 0 Å². The van der Waals surface area contributed by atoms with Gasteiger partial charge in [0.15, 0.2) is 6.29 Å². The average Bonchev–Trinajstić information content (AvgIpc) is 2.65. The minimum absolute atomic E-state index is 0.143. The third-order valence-electron chi connectivity index (χ3n) is 3.64. The molecule has 1 N–H and O–H groups in total. The van der Waals surface area contributed by atoms with Crippen LogP contribution in [0.5, 0.6) is 5.75 Å². The van der Waals surface area contributed by atoms with Crippen LogP contribution in [0.15, 0.2) is 30.9 Å². The summed E-state index contributed by atoms with van der Waals surface area (Å²) < 4.78 is 5.34. The minimum Gasteiger partial charge on any atom is -0.490 e. The Labute approximate surface area is 146 Å². The van der Waals surface area contributed by atoms with E-state index in [1.54, 1.807) is 12.1 Å². The largest absolute Gasteiger partial charge is 0.490 e. The molecule has 0 fully saturated rings. The highest BCUT2D eigenvalue weighted by Gasteiger charge is 2.27. The second-order valence-corrected chi connectivity index (χ2v) is 5.26. The third-order valence-corrected chi connectivity index (χ3v) is 3.64. The van der Waals surface area contributed by atoms with Gasteiger partial charge in [-0.3, -0.25) is 14.4 Å². The molecule has 134 valence electrons. The highest BCUT2D eigenvalue weighted by molar-refractivity contribution is 6.03. The number of nitrogens with zero attached hydrogens (tertiary/aromatic N) is 1. The second-order valence-electron chi connectivity index (χ2n) is 5.26. The van der Waals surface area contributed by atoms with Crippen molar-refractivity contribution in [2.24, 2.45) is 0 Å². The molecule has 25 heavy (non-hydrogen) atoms. The van der Waals surface area contributed by atoms with Crippen LogP contribution in [0.3, 0.4) is 0 Å². The molecule has 2 amide bonds. The van der Waals surface area contributed by atoms with Gasteiger partial charge in [0.2, 0.25) is 5.91 Å². The highest BCUT2D eigenvalue weighted by atomic mass is 16.5. The van der Waals surface area contributed by atoms with Gasteiger partial charge < -0.3 is 19.7 Å². The predicted molar refractivity (Wildman–Crippen MR) is 92.8 cm³/mol. The molecular weight excluding hydrogens is 324 g/mol. The number of carbonyl (C=O) groups excluding carboxylic acids is 4. The Morgan fingerprint density at radius 2 is 2.08 bits per heavy atom. The van der Waals surface area contributed by atoms with Crippen molar-refractivity contribution in [2.75, 3.05) is 20.7 Å². The molecular formula is C18H22N2O5. The van der Waals surface area contributed by atoms with E-state index in [1.807, 2.05) is 0 Å². The Morgan fingerprint density at radius 3 is 2.64 bits per heavy atom. The molecule has 0 aliphatic carbocycles. The molecule has 0 aliphatic heterocycles. The molecule has 0 radical (unpaired) electrons. The third kappa shape index (κ3) is 5.27. The van der Waals surface area contributed by atoms with E-state index in [0.717, 1.165) is 0 Å². The summed E-state index contributed by atoms with van der Waals surface area (Å²) in [4.78, 5) is 47.9. The normalized spacial score (nSPS) is 11.1. The van der Waals surface area contributed by atoms with Crippen LogP contribution < -0.4 is 10.1 Å². The van der Waals surface area contributed by atoms with Crippen LogP contribution in [0.1, 0.15) is 33.6 Å². The number of aldehydes is 2. The number of amides is 2. The Bertz CT molecular complexity index is 657. The van der Waals surface area contributed by atoms with E-state index in [1.165, 1.54) is 31.1 Å². The summed E-state index contributed by atoms with van der Waals surface area (Å²) in [6.45, 7) is 3.81. The SMILES string of the molecule is C=CCOc1ccc(C(=O)N(C)C(CCC=O)C(=O)NC)c(C=O)c1. The van der Waals surface area contributed by atoms with E-state index in [-0.39, 0.29) is 36.5 Å². The summed E-state index contributed by atoms with van der Waals surface area (Å²) in [5, 5.41) is 2.47. The van der Waals surface area contributed by atoms with E-state index in [4.69, 9.17) is 4.74 Å². The first-order valence-electron chi connectivity index (χ1n) is 7.75. The maximum Gasteiger partial charge on any atom is 0.255 e. The molecule has 0 bridgehead atoms. The quantitative estimate of drug-likeness (QED) is 0.508. The van der Waals surface area contributed by atoms with Gasteiger partial charge in [-0.1, -0.05) is 12.7 Å². The standard InChI is InChI=1S/C18H22N2O5/c1-4-10-25-14-7-8-15(13(11-14)12-22)18(24)20(3)16(6-5-9-21)17(23)19-2/h4,7-9,11-12,16H,1,5-6,10H2,2-3H3,(H,19,23). The van der Waals surface area contributed by atoms with Gasteiger partial charge in [0.25, 0.3) is 5.91 Å². The van der Waals surface area contributed by atoms with Crippen LogP contribution >= 0.6 is 0 Å². The van der Waals surface area contributed by atoms with Crippen molar-refractivity contribution in [1.82, 2.24) is 10.2 Å². The number of benzene rings is 1. The van der Waals surface area contributed by atoms with Crippen LogP contribution in [0, 0.1) is 0 Å². The van der Waals surface area contributed by atoms with E-state index < -0.39 is 11.9 Å². The van der Waals surface area contributed by atoms with Crippen LogP contribution in [-0.4, -0.2) is 56.0 Å². The Kier molecular flexibility index (Phi) is 8.05. The number of hydrogen-bond donors (Lipinski definition) is 1. The average molecular weight is 346 g/mol. The van der Waals surface area contributed by atoms with Gasteiger partial charge in [0.05, 0.1) is 5.56 Å². The smallest absolute Gasteiger partial charge is 0.255 e. The lowest BCUT2D eigenvalue weighted by atomic mass is 10.0. The highest BCUT2D eigenvalue weighted by Crippen LogP contribution is 2.19. The number of carbonyl (C=O) groups is 4. The van der Waals surface area contributed by atoms with Crippen LogP contribution in [0.4, 0.5) is 0 Å². The molecule has 0 saturated heterocycles. The van der Waals surface area contributed by atoms with Crippen molar-refractivity contribution in [2.45, 2.75) is 18.9 Å². The van der Waals surface area contributed by atoms with Crippen LogP contribution in [0.25, 0.3) is 0 Å². The zero-order valence-corrected chi connectivity index (χ0v) is 14.4. The molecule has 7 nitrogen and oxygen atoms in total. The van der Waals surface area contributed by atoms with Gasteiger partial charge in [0.1, 0.15) is 24.7 Å². The lowest BCUT2D eigenvalue weighted by molar-refractivity contribution is -0.125. The summed E-state index contributed by atoms with van der Waals surface area (Å²) in [6, 6.07) is 3.69. The lowest BCUT2D eigenvalue weighted by Crippen LogP contribution is -2.47. The van der Waals surface area contributed by atoms with Crippen molar-refractivity contribution >= 4 is 24.4 Å². The first-order chi connectivity index (χ1) is 12.0. The second kappa shape index (κ2) is 10.0. The maximum atomic E-state index is 12.7. The molecule has 0 aromatic heterocycles. The van der Waals surface area contributed by atoms with Crippen molar-refractivity contribution in [3.63, 3.8) is 0 Å². The van der Waals surface area contributed by atoms with E-state index >= 15 is 0 Å². The monoisotopic (exact) mass is 346 g/mol. The van der Waals surface area contributed by atoms with Gasteiger partial charge in [-0.2, -0.15) is 0 Å². The summed E-state index contributed by atoms with van der Waals surface area (Å²) >= 11 is 0. The van der Waals surface area contributed by atoms with E-state index in [0.29, 0.717) is 18.3 Å². The summed E-state index contributed by atoms with van der Waals surface area (Å²) in [7, 11) is 2.92. The number of ether oxygens (including phenoxy) is 1. The van der Waals surface area contributed by atoms with E-state index in [9.17, 15) is 19.2 Å². The maximum absolute atomic E-state index is 12.7.